The zero-order valence-corrected chi connectivity index (χ0v) is 15.8. The highest BCUT2D eigenvalue weighted by atomic mass is 32.2. The number of benzene rings is 2. The molecular weight excluding hydrogens is 369 g/mol. The summed E-state index contributed by atoms with van der Waals surface area (Å²) in [6.07, 6.45) is 0. The van der Waals surface area contributed by atoms with Gasteiger partial charge in [-0.1, -0.05) is 19.1 Å². The van der Waals surface area contributed by atoms with Gasteiger partial charge in [-0.25, -0.2) is 17.5 Å². The molecule has 0 saturated carbocycles. The normalized spacial score (nSPS) is 17.7. The van der Waals surface area contributed by atoms with Crippen molar-refractivity contribution in [1.82, 2.24) is 14.9 Å². The van der Waals surface area contributed by atoms with Crippen molar-refractivity contribution < 1.29 is 17.6 Å². The number of hydrogen-bond donors (Lipinski definition) is 2. The number of hydrogen-bond acceptors (Lipinski definition) is 4. The van der Waals surface area contributed by atoms with E-state index in [0.717, 1.165) is 5.56 Å². The molecule has 8 heteroatoms. The fourth-order valence-corrected chi connectivity index (χ4v) is 4.22. The first kappa shape index (κ1) is 19.5. The van der Waals surface area contributed by atoms with Crippen LogP contribution in [0.3, 0.4) is 0 Å². The first-order valence-electron chi connectivity index (χ1n) is 8.79. The second-order valence-corrected chi connectivity index (χ2v) is 8.07. The minimum absolute atomic E-state index is 0.114. The summed E-state index contributed by atoms with van der Waals surface area (Å²) in [6, 6.07) is 11.8. The number of nitrogens with zero attached hydrogens (tertiary/aromatic N) is 1. The molecule has 1 heterocycles. The molecule has 2 aromatic rings. The minimum Gasteiger partial charge on any atom is -0.329 e. The Bertz CT molecular complexity index is 916. The summed E-state index contributed by atoms with van der Waals surface area (Å²) in [5, 5.41) is 3.23. The van der Waals surface area contributed by atoms with Crippen molar-refractivity contribution in [2.24, 2.45) is 0 Å². The Hall–Kier alpha value is -2.29. The second-order valence-electron chi connectivity index (χ2n) is 6.30. The fraction of sp³-hybridized carbons (Fsp3) is 0.316. The van der Waals surface area contributed by atoms with Crippen LogP contribution in [0.4, 0.5) is 4.39 Å². The Morgan fingerprint density at radius 3 is 2.67 bits per heavy atom. The van der Waals surface area contributed by atoms with E-state index < -0.39 is 10.0 Å². The molecular formula is C19H22FN3O3S. The van der Waals surface area contributed by atoms with Gasteiger partial charge < -0.3 is 10.2 Å². The van der Waals surface area contributed by atoms with Gasteiger partial charge in [-0.3, -0.25) is 4.79 Å². The molecule has 6 nitrogen and oxygen atoms in total. The zero-order chi connectivity index (χ0) is 19.4. The van der Waals surface area contributed by atoms with Gasteiger partial charge in [0.1, 0.15) is 5.82 Å². The van der Waals surface area contributed by atoms with Gasteiger partial charge in [0.05, 0.1) is 10.9 Å². The van der Waals surface area contributed by atoms with Gasteiger partial charge in [-0.2, -0.15) is 0 Å². The maximum Gasteiger partial charge on any atom is 0.254 e. The molecule has 3 rings (SSSR count). The molecule has 1 unspecified atom stereocenters. The molecule has 0 aliphatic carbocycles. The third-order valence-electron chi connectivity index (χ3n) is 4.48. The first-order valence-corrected chi connectivity index (χ1v) is 10.3. The Labute approximate surface area is 158 Å². The molecule has 1 aliphatic rings. The molecule has 0 aromatic heterocycles. The van der Waals surface area contributed by atoms with E-state index in [0.29, 0.717) is 31.7 Å². The number of nitrogens with one attached hydrogen (secondary N) is 2. The smallest absolute Gasteiger partial charge is 0.254 e. The van der Waals surface area contributed by atoms with Crippen LogP contribution in [-0.4, -0.2) is 45.4 Å². The molecule has 1 amide bonds. The Morgan fingerprint density at radius 2 is 2.00 bits per heavy atom. The highest BCUT2D eigenvalue weighted by Crippen LogP contribution is 2.25. The Morgan fingerprint density at radius 1 is 1.26 bits per heavy atom. The van der Waals surface area contributed by atoms with Crippen LogP contribution in [0.25, 0.3) is 0 Å². The summed E-state index contributed by atoms with van der Waals surface area (Å²) < 4.78 is 40.1. The van der Waals surface area contributed by atoms with Crippen molar-refractivity contribution >= 4 is 15.9 Å². The third kappa shape index (κ3) is 4.35. The largest absolute Gasteiger partial charge is 0.329 e. The summed E-state index contributed by atoms with van der Waals surface area (Å²) in [6.45, 7) is 3.65. The van der Waals surface area contributed by atoms with Crippen LogP contribution < -0.4 is 10.0 Å². The van der Waals surface area contributed by atoms with E-state index in [1.165, 1.54) is 36.4 Å². The first-order chi connectivity index (χ1) is 12.9. The molecule has 0 bridgehead atoms. The summed E-state index contributed by atoms with van der Waals surface area (Å²) in [7, 11) is -3.56. The van der Waals surface area contributed by atoms with E-state index in [1.807, 2.05) is 0 Å². The highest BCUT2D eigenvalue weighted by Gasteiger charge is 2.29. The van der Waals surface area contributed by atoms with Crippen LogP contribution in [0.2, 0.25) is 0 Å². The number of carbonyl (C=O) groups excluding carboxylic acids is 1. The van der Waals surface area contributed by atoms with Gasteiger partial charge in [0.25, 0.3) is 5.91 Å². The Balaban J connectivity index is 1.85. The van der Waals surface area contributed by atoms with Gasteiger partial charge >= 0.3 is 0 Å². The average Bonchev–Trinajstić information content (AvgIpc) is 2.67. The van der Waals surface area contributed by atoms with E-state index in [1.54, 1.807) is 24.0 Å². The number of amides is 1. The van der Waals surface area contributed by atoms with Gasteiger partial charge in [-0.05, 0) is 42.0 Å². The van der Waals surface area contributed by atoms with Gasteiger partial charge in [0.15, 0.2) is 0 Å². The van der Waals surface area contributed by atoms with Crippen molar-refractivity contribution in [3.63, 3.8) is 0 Å². The van der Waals surface area contributed by atoms with Crippen molar-refractivity contribution in [3.8, 4) is 0 Å². The van der Waals surface area contributed by atoms with E-state index in [9.17, 15) is 17.6 Å². The molecule has 1 saturated heterocycles. The SMILES string of the molecule is CCNS(=O)(=O)c1ccc(C(=O)N2CCNCC2c2cccc(F)c2)cc1. The predicted octanol–water partition coefficient (Wildman–Crippen LogP) is 1.91. The van der Waals surface area contributed by atoms with Gasteiger partial charge in [0.2, 0.25) is 10.0 Å². The second kappa shape index (κ2) is 8.16. The number of rotatable bonds is 5. The Kier molecular flexibility index (Phi) is 5.88. The molecule has 0 radical (unpaired) electrons. The monoisotopic (exact) mass is 391 g/mol. The standard InChI is InChI=1S/C19H22FN3O3S/c1-2-22-27(25,26)17-8-6-14(7-9-17)19(24)23-11-10-21-13-18(23)15-4-3-5-16(20)12-15/h3-9,12,18,21-22H,2,10-11,13H2,1H3. The maximum absolute atomic E-state index is 13.6. The van der Waals surface area contributed by atoms with Crippen molar-refractivity contribution in [2.45, 2.75) is 17.9 Å². The lowest BCUT2D eigenvalue weighted by Crippen LogP contribution is -2.48. The molecule has 1 atom stereocenters. The highest BCUT2D eigenvalue weighted by molar-refractivity contribution is 7.89. The predicted molar refractivity (Wildman–Crippen MR) is 100 cm³/mol. The topological polar surface area (TPSA) is 78.5 Å². The van der Waals surface area contributed by atoms with E-state index in [4.69, 9.17) is 0 Å². The van der Waals surface area contributed by atoms with E-state index in [2.05, 4.69) is 10.0 Å². The van der Waals surface area contributed by atoms with Crippen LogP contribution in [0.5, 0.6) is 0 Å². The van der Waals surface area contributed by atoms with Crippen LogP contribution in [-0.2, 0) is 10.0 Å². The quantitative estimate of drug-likeness (QED) is 0.816. The molecule has 27 heavy (non-hydrogen) atoms. The summed E-state index contributed by atoms with van der Waals surface area (Å²) in [4.78, 5) is 14.8. The molecule has 2 aromatic carbocycles. The lowest BCUT2D eigenvalue weighted by Gasteiger charge is -2.36. The minimum atomic E-state index is -3.56. The maximum atomic E-state index is 13.6. The summed E-state index contributed by atoms with van der Waals surface area (Å²) in [5.41, 5.74) is 1.12. The van der Waals surface area contributed by atoms with Crippen LogP contribution in [0.15, 0.2) is 53.4 Å². The van der Waals surface area contributed by atoms with Crippen LogP contribution in [0, 0.1) is 5.82 Å². The van der Waals surface area contributed by atoms with Crippen molar-refractivity contribution in [2.75, 3.05) is 26.2 Å². The number of halogens is 1. The lowest BCUT2D eigenvalue weighted by atomic mass is 10.0. The zero-order valence-electron chi connectivity index (χ0n) is 15.0. The van der Waals surface area contributed by atoms with E-state index in [-0.39, 0.29) is 22.7 Å². The number of carbonyl (C=O) groups is 1. The summed E-state index contributed by atoms with van der Waals surface area (Å²) >= 11 is 0. The van der Waals surface area contributed by atoms with E-state index >= 15 is 0 Å². The van der Waals surface area contributed by atoms with Gasteiger partial charge in [0, 0.05) is 31.7 Å². The van der Waals surface area contributed by atoms with Gasteiger partial charge in [-0.15, -0.1) is 0 Å². The molecule has 2 N–H and O–H groups in total. The summed E-state index contributed by atoms with van der Waals surface area (Å²) in [5.74, 6) is -0.554. The molecule has 1 aliphatic heterocycles. The number of piperazine rings is 1. The van der Waals surface area contributed by atoms with Crippen LogP contribution >= 0.6 is 0 Å². The molecule has 144 valence electrons. The molecule has 1 fully saturated rings. The molecule has 0 spiro atoms. The van der Waals surface area contributed by atoms with Crippen LogP contribution in [0.1, 0.15) is 28.9 Å². The number of sulfonamides is 1. The fourth-order valence-electron chi connectivity index (χ4n) is 3.17. The lowest BCUT2D eigenvalue weighted by molar-refractivity contribution is 0.0634. The van der Waals surface area contributed by atoms with Crippen molar-refractivity contribution in [1.29, 1.82) is 0 Å². The average molecular weight is 391 g/mol. The van der Waals surface area contributed by atoms with Crippen molar-refractivity contribution in [3.05, 3.63) is 65.5 Å². The third-order valence-corrected chi connectivity index (χ3v) is 6.05.